The molecule has 0 unspecified atom stereocenters. The van der Waals surface area contributed by atoms with Crippen molar-refractivity contribution in [2.45, 2.75) is 33.7 Å². The normalized spacial score (nSPS) is 11.0. The number of rotatable bonds is 5. The number of imidazole rings is 1. The zero-order chi connectivity index (χ0) is 20.4. The lowest BCUT2D eigenvalue weighted by Gasteiger charge is -2.08. The van der Waals surface area contributed by atoms with E-state index in [1.807, 2.05) is 47.9 Å². The third-order valence-corrected chi connectivity index (χ3v) is 5.18. The number of amides is 1. The van der Waals surface area contributed by atoms with E-state index in [1.165, 1.54) is 11.1 Å². The summed E-state index contributed by atoms with van der Waals surface area (Å²) >= 11 is 0. The smallest absolute Gasteiger partial charge is 0.226 e. The summed E-state index contributed by atoms with van der Waals surface area (Å²) in [5.41, 5.74) is 8.05. The van der Waals surface area contributed by atoms with Crippen LogP contribution in [-0.2, 0) is 17.8 Å². The van der Waals surface area contributed by atoms with Crippen LogP contribution >= 0.6 is 0 Å². The third kappa shape index (κ3) is 4.04. The Hall–Kier alpha value is -3.47. The van der Waals surface area contributed by atoms with E-state index in [-0.39, 0.29) is 12.3 Å². The van der Waals surface area contributed by atoms with Crippen molar-refractivity contribution in [3.05, 3.63) is 89.0 Å². The summed E-state index contributed by atoms with van der Waals surface area (Å²) in [5.74, 6) is -0.0527. The van der Waals surface area contributed by atoms with E-state index in [4.69, 9.17) is 4.98 Å². The highest BCUT2D eigenvalue weighted by molar-refractivity contribution is 5.81. The average Bonchev–Trinajstić information content (AvgIpc) is 3.06. The Morgan fingerprint density at radius 3 is 2.66 bits per heavy atom. The van der Waals surface area contributed by atoms with Crippen LogP contribution in [0.3, 0.4) is 0 Å². The second kappa shape index (κ2) is 7.87. The predicted octanol–water partition coefficient (Wildman–Crippen LogP) is 4.18. The Morgan fingerprint density at radius 1 is 1.03 bits per heavy atom. The minimum absolute atomic E-state index is 0.0527. The molecule has 0 spiro atoms. The maximum atomic E-state index is 12.7. The molecule has 0 saturated carbocycles. The first-order chi connectivity index (χ1) is 14.0. The van der Waals surface area contributed by atoms with Gasteiger partial charge in [-0.3, -0.25) is 9.78 Å². The van der Waals surface area contributed by atoms with Gasteiger partial charge in [-0.15, -0.1) is 0 Å². The van der Waals surface area contributed by atoms with E-state index < -0.39 is 0 Å². The molecule has 3 heterocycles. The highest BCUT2D eigenvalue weighted by Crippen LogP contribution is 2.27. The highest BCUT2D eigenvalue weighted by atomic mass is 16.1. The number of nitrogens with one attached hydrogen (secondary N) is 1. The molecule has 1 N–H and O–H groups in total. The van der Waals surface area contributed by atoms with Crippen LogP contribution in [0, 0.1) is 20.8 Å². The van der Waals surface area contributed by atoms with Crippen molar-refractivity contribution in [2.75, 3.05) is 0 Å². The van der Waals surface area contributed by atoms with Crippen LogP contribution in [0.5, 0.6) is 0 Å². The van der Waals surface area contributed by atoms with Crippen molar-refractivity contribution in [3.63, 3.8) is 0 Å². The van der Waals surface area contributed by atoms with Gasteiger partial charge < -0.3 is 9.72 Å². The molecule has 4 rings (SSSR count). The van der Waals surface area contributed by atoms with E-state index in [0.29, 0.717) is 6.54 Å². The summed E-state index contributed by atoms with van der Waals surface area (Å²) in [6.07, 6.45) is 3.97. The van der Waals surface area contributed by atoms with Crippen LogP contribution in [-0.4, -0.2) is 20.3 Å². The van der Waals surface area contributed by atoms with Crippen LogP contribution in [0.15, 0.2) is 60.9 Å². The van der Waals surface area contributed by atoms with E-state index in [0.717, 1.165) is 33.9 Å². The van der Waals surface area contributed by atoms with Crippen molar-refractivity contribution in [1.29, 1.82) is 0 Å². The number of pyridine rings is 2. The number of hydrogen-bond acceptors (Lipinski definition) is 3. The van der Waals surface area contributed by atoms with Crippen LogP contribution in [0.4, 0.5) is 0 Å². The van der Waals surface area contributed by atoms with Crippen LogP contribution in [0.25, 0.3) is 16.9 Å². The van der Waals surface area contributed by atoms with Gasteiger partial charge in [-0.05, 0) is 67.8 Å². The van der Waals surface area contributed by atoms with Gasteiger partial charge in [-0.1, -0.05) is 18.2 Å². The Morgan fingerprint density at radius 2 is 1.90 bits per heavy atom. The van der Waals surface area contributed by atoms with Gasteiger partial charge in [0, 0.05) is 18.0 Å². The molecule has 5 heteroatoms. The van der Waals surface area contributed by atoms with Gasteiger partial charge >= 0.3 is 0 Å². The Bertz CT molecular complexity index is 1180. The number of benzene rings is 1. The number of carbonyl (C=O) groups excluding carboxylic acids is 1. The molecular weight excluding hydrogens is 360 g/mol. The molecule has 0 aliphatic carbocycles. The average molecular weight is 384 g/mol. The van der Waals surface area contributed by atoms with Gasteiger partial charge in [0.2, 0.25) is 5.91 Å². The zero-order valence-electron chi connectivity index (χ0n) is 16.9. The number of fused-ring (bicyclic) bond motifs is 1. The van der Waals surface area contributed by atoms with Gasteiger partial charge in [0.1, 0.15) is 5.65 Å². The summed E-state index contributed by atoms with van der Waals surface area (Å²) in [4.78, 5) is 21.8. The monoisotopic (exact) mass is 384 g/mol. The molecule has 0 aliphatic heterocycles. The molecule has 0 aliphatic rings. The molecule has 0 fully saturated rings. The molecule has 0 atom stereocenters. The number of hydrogen-bond donors (Lipinski definition) is 1. The predicted molar refractivity (Wildman–Crippen MR) is 115 cm³/mol. The lowest BCUT2D eigenvalue weighted by Crippen LogP contribution is -2.25. The zero-order valence-corrected chi connectivity index (χ0v) is 16.9. The lowest BCUT2D eigenvalue weighted by molar-refractivity contribution is -0.120. The fourth-order valence-corrected chi connectivity index (χ4v) is 3.39. The summed E-state index contributed by atoms with van der Waals surface area (Å²) in [6.45, 7) is 6.65. The van der Waals surface area contributed by atoms with E-state index in [9.17, 15) is 4.79 Å². The minimum Gasteiger partial charge on any atom is -0.350 e. The molecule has 0 saturated heterocycles. The second-order valence-corrected chi connectivity index (χ2v) is 7.41. The quantitative estimate of drug-likeness (QED) is 0.561. The second-order valence-electron chi connectivity index (χ2n) is 7.41. The summed E-state index contributed by atoms with van der Waals surface area (Å²) in [5, 5.41) is 2.97. The van der Waals surface area contributed by atoms with Crippen molar-refractivity contribution in [3.8, 4) is 11.3 Å². The van der Waals surface area contributed by atoms with Crippen LogP contribution in [0.1, 0.15) is 28.1 Å². The highest BCUT2D eigenvalue weighted by Gasteiger charge is 2.17. The van der Waals surface area contributed by atoms with Gasteiger partial charge in [-0.2, -0.15) is 0 Å². The third-order valence-electron chi connectivity index (χ3n) is 5.18. The van der Waals surface area contributed by atoms with Crippen molar-refractivity contribution in [1.82, 2.24) is 19.7 Å². The Balaban J connectivity index is 1.68. The minimum atomic E-state index is -0.0527. The summed E-state index contributed by atoms with van der Waals surface area (Å²) in [7, 11) is 0. The topological polar surface area (TPSA) is 59.3 Å². The SMILES string of the molecule is Cc1ccn2c(CC(=O)NCc3ccccn3)c(-c3ccc(C)c(C)c3)nc2c1. The summed E-state index contributed by atoms with van der Waals surface area (Å²) in [6, 6.07) is 16.1. The molecular formula is C24H24N4O. The van der Waals surface area contributed by atoms with Gasteiger partial charge in [0.05, 0.1) is 30.0 Å². The first kappa shape index (κ1) is 18.9. The molecule has 3 aromatic heterocycles. The molecule has 0 bridgehead atoms. The molecule has 146 valence electrons. The first-order valence-electron chi connectivity index (χ1n) is 9.73. The standard InChI is InChI=1S/C24H24N4O/c1-16-9-11-28-21(14-23(29)26-15-20-6-4-5-10-25-20)24(27-22(28)12-16)19-8-7-17(2)18(3)13-19/h4-13H,14-15H2,1-3H3,(H,26,29). The van der Waals surface area contributed by atoms with E-state index in [2.05, 4.69) is 42.3 Å². The maximum Gasteiger partial charge on any atom is 0.226 e. The number of carbonyl (C=O) groups is 1. The largest absolute Gasteiger partial charge is 0.350 e. The van der Waals surface area contributed by atoms with Crippen LogP contribution < -0.4 is 5.32 Å². The maximum absolute atomic E-state index is 12.7. The Labute approximate surface area is 170 Å². The van der Waals surface area contributed by atoms with Gasteiger partial charge in [0.15, 0.2) is 0 Å². The van der Waals surface area contributed by atoms with E-state index >= 15 is 0 Å². The van der Waals surface area contributed by atoms with Crippen molar-refractivity contribution in [2.24, 2.45) is 0 Å². The number of aryl methyl sites for hydroxylation is 3. The fourth-order valence-electron chi connectivity index (χ4n) is 3.39. The van der Waals surface area contributed by atoms with E-state index in [1.54, 1.807) is 6.20 Å². The first-order valence-corrected chi connectivity index (χ1v) is 9.73. The van der Waals surface area contributed by atoms with Crippen molar-refractivity contribution >= 4 is 11.6 Å². The number of aromatic nitrogens is 3. The van der Waals surface area contributed by atoms with Gasteiger partial charge in [0.25, 0.3) is 0 Å². The molecule has 4 aromatic rings. The summed E-state index contributed by atoms with van der Waals surface area (Å²) < 4.78 is 2.01. The molecule has 29 heavy (non-hydrogen) atoms. The fraction of sp³-hybridized carbons (Fsp3) is 0.208. The lowest BCUT2D eigenvalue weighted by atomic mass is 10.0. The Kier molecular flexibility index (Phi) is 5.12. The molecule has 0 radical (unpaired) electrons. The van der Waals surface area contributed by atoms with Crippen molar-refractivity contribution < 1.29 is 4.79 Å². The van der Waals surface area contributed by atoms with Crippen LogP contribution in [0.2, 0.25) is 0 Å². The molecule has 5 nitrogen and oxygen atoms in total. The molecule has 1 aromatic carbocycles. The van der Waals surface area contributed by atoms with Gasteiger partial charge in [-0.25, -0.2) is 4.98 Å². The molecule has 1 amide bonds. The number of nitrogens with zero attached hydrogens (tertiary/aromatic N) is 3.